The monoisotopic (exact) mass is 202 g/mol. The van der Waals surface area contributed by atoms with Crippen LogP contribution in [0.3, 0.4) is 0 Å². The van der Waals surface area contributed by atoms with E-state index in [1.165, 1.54) is 0 Å². The van der Waals surface area contributed by atoms with E-state index in [1.54, 1.807) is 0 Å². The Bertz CT molecular complexity index is 394. The van der Waals surface area contributed by atoms with Crippen molar-refractivity contribution in [2.75, 3.05) is 6.61 Å². The molecule has 0 aliphatic carbocycles. The number of carbonyl (C=O) groups is 1. The molecule has 0 spiro atoms. The van der Waals surface area contributed by atoms with Crippen LogP contribution in [0, 0.1) is 0 Å². The second-order valence-electron chi connectivity index (χ2n) is 4.20. The molecular formula is C13H14O2. The molecule has 2 rings (SSSR count). The lowest BCUT2D eigenvalue weighted by Crippen LogP contribution is -2.39. The highest BCUT2D eigenvalue weighted by Gasteiger charge is 2.40. The molecule has 2 nitrogen and oxygen atoms in total. The molecule has 0 saturated carbocycles. The summed E-state index contributed by atoms with van der Waals surface area (Å²) in [4.78, 5) is 11.8. The largest absolute Gasteiger partial charge is 0.461 e. The zero-order chi connectivity index (χ0) is 10.9. The van der Waals surface area contributed by atoms with Crippen LogP contribution < -0.4 is 0 Å². The smallest absolute Gasteiger partial charge is 0.316 e. The van der Waals surface area contributed by atoms with Crippen LogP contribution in [0.25, 0.3) is 0 Å². The molecule has 78 valence electrons. The SMILES string of the molecule is C=C1COC(=O)C(C)(c2ccccc2)C1. The fourth-order valence-corrected chi connectivity index (χ4v) is 1.98. The fourth-order valence-electron chi connectivity index (χ4n) is 1.98. The van der Waals surface area contributed by atoms with Crippen molar-refractivity contribution in [2.45, 2.75) is 18.8 Å². The lowest BCUT2D eigenvalue weighted by atomic mass is 9.76. The molecular weight excluding hydrogens is 188 g/mol. The number of esters is 1. The van der Waals surface area contributed by atoms with E-state index in [2.05, 4.69) is 6.58 Å². The van der Waals surface area contributed by atoms with Crippen LogP contribution in [0.4, 0.5) is 0 Å². The van der Waals surface area contributed by atoms with Gasteiger partial charge in [-0.3, -0.25) is 4.79 Å². The third-order valence-corrected chi connectivity index (χ3v) is 2.87. The fraction of sp³-hybridized carbons (Fsp3) is 0.308. The Kier molecular flexibility index (Phi) is 2.35. The Morgan fingerprint density at radius 3 is 2.67 bits per heavy atom. The van der Waals surface area contributed by atoms with Gasteiger partial charge in [-0.15, -0.1) is 0 Å². The topological polar surface area (TPSA) is 26.3 Å². The highest BCUT2D eigenvalue weighted by atomic mass is 16.5. The summed E-state index contributed by atoms with van der Waals surface area (Å²) in [5, 5.41) is 0. The molecule has 1 heterocycles. The molecule has 0 bridgehead atoms. The summed E-state index contributed by atoms with van der Waals surface area (Å²) in [6.07, 6.45) is 0.676. The average molecular weight is 202 g/mol. The molecule has 15 heavy (non-hydrogen) atoms. The number of carbonyl (C=O) groups excluding carboxylic acids is 1. The number of ether oxygens (including phenoxy) is 1. The molecule has 1 aliphatic rings. The van der Waals surface area contributed by atoms with Crippen molar-refractivity contribution < 1.29 is 9.53 Å². The van der Waals surface area contributed by atoms with Gasteiger partial charge < -0.3 is 4.74 Å². The highest BCUT2D eigenvalue weighted by Crippen LogP contribution is 2.35. The Labute approximate surface area is 89.6 Å². The molecule has 0 radical (unpaired) electrons. The van der Waals surface area contributed by atoms with Gasteiger partial charge in [0.25, 0.3) is 0 Å². The molecule has 1 aliphatic heterocycles. The van der Waals surface area contributed by atoms with Gasteiger partial charge in [0.1, 0.15) is 6.61 Å². The van der Waals surface area contributed by atoms with Gasteiger partial charge in [0.15, 0.2) is 0 Å². The number of rotatable bonds is 1. The quantitative estimate of drug-likeness (QED) is 0.516. The van der Waals surface area contributed by atoms with Gasteiger partial charge in [0, 0.05) is 0 Å². The van der Waals surface area contributed by atoms with E-state index >= 15 is 0 Å². The van der Waals surface area contributed by atoms with Gasteiger partial charge in [0.2, 0.25) is 0 Å². The first-order valence-electron chi connectivity index (χ1n) is 5.02. The average Bonchev–Trinajstić information content (AvgIpc) is 2.25. The number of hydrogen-bond donors (Lipinski definition) is 0. The minimum Gasteiger partial charge on any atom is -0.461 e. The summed E-state index contributed by atoms with van der Waals surface area (Å²) in [7, 11) is 0. The van der Waals surface area contributed by atoms with Gasteiger partial charge in [-0.2, -0.15) is 0 Å². The van der Waals surface area contributed by atoms with Gasteiger partial charge in [0.05, 0.1) is 5.41 Å². The lowest BCUT2D eigenvalue weighted by molar-refractivity contribution is -0.151. The second-order valence-corrected chi connectivity index (χ2v) is 4.20. The maximum absolute atomic E-state index is 11.8. The minimum absolute atomic E-state index is 0.152. The van der Waals surface area contributed by atoms with Crippen molar-refractivity contribution in [3.8, 4) is 0 Å². The van der Waals surface area contributed by atoms with Gasteiger partial charge in [-0.05, 0) is 24.5 Å². The molecule has 1 atom stereocenters. The molecule has 0 N–H and O–H groups in total. The predicted octanol–water partition coefficient (Wildman–Crippen LogP) is 2.45. The van der Waals surface area contributed by atoms with Crippen LogP contribution in [0.1, 0.15) is 18.9 Å². The van der Waals surface area contributed by atoms with E-state index in [-0.39, 0.29) is 5.97 Å². The zero-order valence-corrected chi connectivity index (χ0v) is 8.82. The first-order valence-corrected chi connectivity index (χ1v) is 5.02. The molecule has 2 heteroatoms. The number of hydrogen-bond acceptors (Lipinski definition) is 2. The summed E-state index contributed by atoms with van der Waals surface area (Å²) < 4.78 is 5.12. The maximum Gasteiger partial charge on any atom is 0.316 e. The van der Waals surface area contributed by atoms with Crippen molar-refractivity contribution in [1.82, 2.24) is 0 Å². The minimum atomic E-state index is -0.559. The summed E-state index contributed by atoms with van der Waals surface area (Å²) in [5.41, 5.74) is 1.41. The van der Waals surface area contributed by atoms with Crippen LogP contribution in [0.15, 0.2) is 42.5 Å². The predicted molar refractivity (Wildman–Crippen MR) is 58.5 cm³/mol. The first-order chi connectivity index (χ1) is 7.13. The van der Waals surface area contributed by atoms with Gasteiger partial charge in [-0.1, -0.05) is 36.9 Å². The van der Waals surface area contributed by atoms with E-state index < -0.39 is 5.41 Å². The van der Waals surface area contributed by atoms with Crippen LogP contribution >= 0.6 is 0 Å². The summed E-state index contributed by atoms with van der Waals surface area (Å²) >= 11 is 0. The lowest BCUT2D eigenvalue weighted by Gasteiger charge is -2.32. The third kappa shape index (κ3) is 1.67. The van der Waals surface area contributed by atoms with Crippen molar-refractivity contribution in [3.63, 3.8) is 0 Å². The summed E-state index contributed by atoms with van der Waals surface area (Å²) in [6.45, 7) is 6.17. The molecule has 1 saturated heterocycles. The van der Waals surface area contributed by atoms with E-state index in [4.69, 9.17) is 4.74 Å². The van der Waals surface area contributed by atoms with Crippen LogP contribution in [-0.4, -0.2) is 12.6 Å². The zero-order valence-electron chi connectivity index (χ0n) is 8.82. The maximum atomic E-state index is 11.8. The Morgan fingerprint density at radius 2 is 2.00 bits per heavy atom. The van der Waals surface area contributed by atoms with Crippen molar-refractivity contribution in [1.29, 1.82) is 0 Å². The normalized spacial score (nSPS) is 26.2. The Balaban J connectivity index is 2.40. The van der Waals surface area contributed by atoms with E-state index in [0.29, 0.717) is 13.0 Å². The standard InChI is InChI=1S/C13H14O2/c1-10-8-13(2,12(14)15-9-10)11-6-4-3-5-7-11/h3-7H,1,8-9H2,2H3. The van der Waals surface area contributed by atoms with Crippen molar-refractivity contribution >= 4 is 5.97 Å². The van der Waals surface area contributed by atoms with E-state index in [1.807, 2.05) is 37.3 Å². The molecule has 0 amide bonds. The number of cyclic esters (lactones) is 1. The van der Waals surface area contributed by atoms with Crippen LogP contribution in [0.2, 0.25) is 0 Å². The summed E-state index contributed by atoms with van der Waals surface area (Å²) in [5.74, 6) is -0.152. The van der Waals surface area contributed by atoms with Gasteiger partial charge in [-0.25, -0.2) is 0 Å². The van der Waals surface area contributed by atoms with Crippen LogP contribution in [-0.2, 0) is 14.9 Å². The molecule has 1 aromatic rings. The molecule has 0 aromatic heterocycles. The van der Waals surface area contributed by atoms with E-state index in [0.717, 1.165) is 11.1 Å². The summed E-state index contributed by atoms with van der Waals surface area (Å²) in [6, 6.07) is 9.73. The first kappa shape index (κ1) is 9.97. The van der Waals surface area contributed by atoms with Gasteiger partial charge >= 0.3 is 5.97 Å². The number of benzene rings is 1. The van der Waals surface area contributed by atoms with E-state index in [9.17, 15) is 4.79 Å². The highest BCUT2D eigenvalue weighted by molar-refractivity contribution is 5.84. The Hall–Kier alpha value is -1.57. The third-order valence-electron chi connectivity index (χ3n) is 2.87. The second kappa shape index (κ2) is 3.54. The van der Waals surface area contributed by atoms with Crippen LogP contribution in [0.5, 0.6) is 0 Å². The van der Waals surface area contributed by atoms with Crippen molar-refractivity contribution in [2.24, 2.45) is 0 Å². The molecule has 1 unspecified atom stereocenters. The Morgan fingerprint density at radius 1 is 1.33 bits per heavy atom. The molecule has 1 fully saturated rings. The van der Waals surface area contributed by atoms with Crippen molar-refractivity contribution in [3.05, 3.63) is 48.0 Å². The molecule has 1 aromatic carbocycles.